The Labute approximate surface area is 235 Å². The lowest BCUT2D eigenvalue weighted by Crippen LogP contribution is -2.40. The van der Waals surface area contributed by atoms with E-state index in [0.717, 1.165) is 22.1 Å². The molecule has 0 fully saturated rings. The molecule has 0 saturated heterocycles. The van der Waals surface area contributed by atoms with E-state index in [4.69, 9.17) is 0 Å². The number of unbranched alkanes of at least 4 members (excludes halogenated alkanes) is 2. The number of quaternary nitrogens is 2. The molecule has 2 aromatic carbocycles. The molecular formula is C33H47N4S+3. The summed E-state index contributed by atoms with van der Waals surface area (Å²) >= 11 is 1.89. The summed E-state index contributed by atoms with van der Waals surface area (Å²) in [7, 11) is 13.6. The van der Waals surface area contributed by atoms with Crippen LogP contribution in [0.5, 0.6) is 0 Å². The number of thioether (sulfide) groups is 1. The van der Waals surface area contributed by atoms with Crippen molar-refractivity contribution >= 4 is 34.4 Å². The number of benzene rings is 2. The molecular weight excluding hydrogens is 484 g/mol. The average molecular weight is 532 g/mol. The number of nitrogens with zero attached hydrogens (tertiary/aromatic N) is 4. The molecule has 0 N–H and O–H groups in total. The summed E-state index contributed by atoms with van der Waals surface area (Å²) < 4.78 is 4.45. The first-order chi connectivity index (χ1) is 18.1. The zero-order chi connectivity index (χ0) is 27.2. The van der Waals surface area contributed by atoms with Gasteiger partial charge in [-0.25, -0.2) is 0 Å². The second kappa shape index (κ2) is 12.5. The minimum Gasteiger partial charge on any atom is -0.335 e. The third-order valence-corrected chi connectivity index (χ3v) is 8.18. The second-order valence-electron chi connectivity index (χ2n) is 12.5. The number of anilines is 1. The summed E-state index contributed by atoms with van der Waals surface area (Å²) in [4.78, 5) is 3.87. The lowest BCUT2D eigenvalue weighted by Gasteiger charge is -2.24. The normalized spacial score (nSPS) is 15.2. The van der Waals surface area contributed by atoms with Gasteiger partial charge in [0.15, 0.2) is 12.7 Å². The van der Waals surface area contributed by atoms with Crippen LogP contribution in [0.2, 0.25) is 0 Å². The van der Waals surface area contributed by atoms with Crippen LogP contribution in [0.1, 0.15) is 31.2 Å². The van der Waals surface area contributed by atoms with E-state index in [1.54, 1.807) is 0 Å². The monoisotopic (exact) mass is 531 g/mol. The third kappa shape index (κ3) is 7.95. The van der Waals surface area contributed by atoms with Gasteiger partial charge < -0.3 is 13.9 Å². The van der Waals surface area contributed by atoms with E-state index in [1.165, 1.54) is 70.9 Å². The van der Waals surface area contributed by atoms with Crippen LogP contribution in [0.4, 0.5) is 5.69 Å². The number of para-hydroxylation sites is 2. The SMILES string of the molecule is C[N+](C)(C)CCCCCN1/C(=C\C=C/c2cc[n+](CCC[N+](C)(C)C)c3ccccc23)Sc2ccccc21. The first-order valence-electron chi connectivity index (χ1n) is 14.1. The predicted octanol–water partition coefficient (Wildman–Crippen LogP) is 6.57. The molecule has 1 aliphatic heterocycles. The fraction of sp³-hybridized carbons (Fsp3) is 0.424. The zero-order valence-electron chi connectivity index (χ0n) is 24.4. The number of hydrogen-bond acceptors (Lipinski definition) is 2. The summed E-state index contributed by atoms with van der Waals surface area (Å²) in [5.74, 6) is 0. The van der Waals surface area contributed by atoms with Crippen LogP contribution in [-0.2, 0) is 6.54 Å². The highest BCUT2D eigenvalue weighted by Crippen LogP contribution is 2.45. The fourth-order valence-corrected chi connectivity index (χ4v) is 6.14. The zero-order valence-corrected chi connectivity index (χ0v) is 25.2. The van der Waals surface area contributed by atoms with Crippen molar-refractivity contribution in [1.29, 1.82) is 0 Å². The minimum atomic E-state index is 1.00. The molecule has 0 atom stereocenters. The summed E-state index contributed by atoms with van der Waals surface area (Å²) in [6.45, 7) is 4.52. The Bertz CT molecular complexity index is 1280. The van der Waals surface area contributed by atoms with Crippen LogP contribution >= 0.6 is 11.8 Å². The van der Waals surface area contributed by atoms with Crippen molar-refractivity contribution in [2.75, 3.05) is 66.8 Å². The number of fused-ring (bicyclic) bond motifs is 2. The number of rotatable bonds is 12. The van der Waals surface area contributed by atoms with Gasteiger partial charge in [0.1, 0.15) is 0 Å². The molecule has 38 heavy (non-hydrogen) atoms. The molecule has 5 heteroatoms. The average Bonchev–Trinajstić information content (AvgIpc) is 3.21. The lowest BCUT2D eigenvalue weighted by atomic mass is 10.1. The molecule has 0 spiro atoms. The molecule has 0 unspecified atom stereocenters. The molecule has 0 saturated carbocycles. The predicted molar refractivity (Wildman–Crippen MR) is 165 cm³/mol. The first kappa shape index (κ1) is 28.4. The quantitative estimate of drug-likeness (QED) is 0.148. The third-order valence-electron chi connectivity index (χ3n) is 7.05. The Kier molecular flexibility index (Phi) is 9.35. The van der Waals surface area contributed by atoms with E-state index in [1.807, 2.05) is 11.8 Å². The van der Waals surface area contributed by atoms with Crippen molar-refractivity contribution in [2.24, 2.45) is 0 Å². The van der Waals surface area contributed by atoms with E-state index in [-0.39, 0.29) is 0 Å². The van der Waals surface area contributed by atoms with Crippen molar-refractivity contribution < 1.29 is 13.5 Å². The van der Waals surface area contributed by atoms with Gasteiger partial charge in [-0.15, -0.1) is 0 Å². The van der Waals surface area contributed by atoms with Gasteiger partial charge in [-0.1, -0.05) is 48.2 Å². The van der Waals surface area contributed by atoms with Gasteiger partial charge in [0.05, 0.1) is 77.9 Å². The Morgan fingerprint density at radius 3 is 2.29 bits per heavy atom. The molecule has 0 aliphatic carbocycles. The van der Waals surface area contributed by atoms with E-state index in [2.05, 4.69) is 131 Å². The molecule has 0 radical (unpaired) electrons. The van der Waals surface area contributed by atoms with Crippen LogP contribution in [0.15, 0.2) is 82.9 Å². The fourth-order valence-electron chi connectivity index (χ4n) is 5.04. The van der Waals surface area contributed by atoms with Crippen LogP contribution in [0.25, 0.3) is 17.0 Å². The molecule has 2 heterocycles. The first-order valence-corrected chi connectivity index (χ1v) is 14.9. The largest absolute Gasteiger partial charge is 0.335 e. The Balaban J connectivity index is 1.48. The maximum absolute atomic E-state index is 2.51. The molecule has 1 aromatic heterocycles. The second-order valence-corrected chi connectivity index (χ2v) is 13.6. The van der Waals surface area contributed by atoms with Crippen molar-refractivity contribution in [2.45, 2.75) is 37.1 Å². The maximum Gasteiger partial charge on any atom is 0.213 e. The van der Waals surface area contributed by atoms with Crippen LogP contribution < -0.4 is 9.47 Å². The molecule has 4 nitrogen and oxygen atoms in total. The van der Waals surface area contributed by atoms with Gasteiger partial charge in [0, 0.05) is 23.6 Å². The van der Waals surface area contributed by atoms with Gasteiger partial charge in [0.2, 0.25) is 5.52 Å². The topological polar surface area (TPSA) is 7.12 Å². The Hall–Kier alpha value is -2.60. The van der Waals surface area contributed by atoms with Gasteiger partial charge >= 0.3 is 0 Å². The number of pyridine rings is 1. The Morgan fingerprint density at radius 1 is 0.789 bits per heavy atom. The van der Waals surface area contributed by atoms with Crippen molar-refractivity contribution in [3.05, 3.63) is 83.5 Å². The van der Waals surface area contributed by atoms with Gasteiger partial charge in [-0.3, -0.25) is 0 Å². The lowest BCUT2D eigenvalue weighted by molar-refractivity contribution is -0.873. The van der Waals surface area contributed by atoms with Crippen LogP contribution in [0, 0.1) is 0 Å². The summed E-state index contributed by atoms with van der Waals surface area (Å²) in [6.07, 6.45) is 14.0. The Morgan fingerprint density at radius 2 is 1.50 bits per heavy atom. The summed E-state index contributed by atoms with van der Waals surface area (Å²) in [5, 5.41) is 2.64. The highest BCUT2D eigenvalue weighted by Gasteiger charge is 2.24. The smallest absolute Gasteiger partial charge is 0.213 e. The van der Waals surface area contributed by atoms with Crippen LogP contribution in [0.3, 0.4) is 0 Å². The number of allylic oxidation sites excluding steroid dienone is 2. The van der Waals surface area contributed by atoms with E-state index in [0.29, 0.717) is 0 Å². The summed E-state index contributed by atoms with van der Waals surface area (Å²) in [6, 6.07) is 19.9. The molecule has 3 aromatic rings. The van der Waals surface area contributed by atoms with E-state index >= 15 is 0 Å². The minimum absolute atomic E-state index is 1.00. The van der Waals surface area contributed by atoms with Crippen molar-refractivity contribution in [1.82, 2.24) is 0 Å². The summed E-state index contributed by atoms with van der Waals surface area (Å²) in [5.41, 5.74) is 3.93. The molecule has 0 bridgehead atoms. The highest BCUT2D eigenvalue weighted by atomic mass is 32.2. The van der Waals surface area contributed by atoms with Gasteiger partial charge in [0.25, 0.3) is 0 Å². The van der Waals surface area contributed by atoms with Crippen LogP contribution in [-0.4, -0.2) is 70.9 Å². The number of aromatic nitrogens is 1. The van der Waals surface area contributed by atoms with Gasteiger partial charge in [-0.2, -0.15) is 4.57 Å². The van der Waals surface area contributed by atoms with Crippen molar-refractivity contribution in [3.8, 4) is 0 Å². The van der Waals surface area contributed by atoms with Crippen molar-refractivity contribution in [3.63, 3.8) is 0 Å². The molecule has 0 amide bonds. The van der Waals surface area contributed by atoms with E-state index in [9.17, 15) is 0 Å². The molecule has 4 rings (SSSR count). The maximum atomic E-state index is 2.51. The number of hydrogen-bond donors (Lipinski definition) is 0. The highest BCUT2D eigenvalue weighted by molar-refractivity contribution is 8.03. The molecule has 1 aliphatic rings. The van der Waals surface area contributed by atoms with E-state index < -0.39 is 0 Å². The van der Waals surface area contributed by atoms with Gasteiger partial charge in [-0.05, 0) is 49.1 Å². The molecule has 202 valence electrons. The number of aryl methyl sites for hydroxylation is 1. The standard InChI is InChI=1S/C33H47N4S/c1-36(2,3)26-13-7-12-24-35-31-19-10-11-20-32(31)38-33(35)21-14-16-28-22-25-34(23-15-27-37(4,5)6)30-18-9-8-17-29(28)30/h8-11,14,16-22,25H,7,12-13,15,23-24,26-27H2,1-6H3/q+3.